The number of nitrogens with one attached hydrogen (secondary N) is 1. The van der Waals surface area contributed by atoms with Gasteiger partial charge in [0.1, 0.15) is 11.4 Å². The molecule has 1 amide bonds. The second-order valence-corrected chi connectivity index (χ2v) is 10.0. The number of hydrogen-bond donors (Lipinski definition) is 1. The summed E-state index contributed by atoms with van der Waals surface area (Å²) in [6.45, 7) is 2.13. The van der Waals surface area contributed by atoms with Crippen molar-refractivity contribution in [2.24, 2.45) is 5.92 Å². The number of carbonyl (C=O) groups is 1. The molecule has 4 rings (SSSR count). The molecule has 162 valence electrons. The highest BCUT2D eigenvalue weighted by Gasteiger charge is 2.43. The predicted octanol–water partition coefficient (Wildman–Crippen LogP) is 2.50. The number of amides is 1. The van der Waals surface area contributed by atoms with Crippen molar-refractivity contribution >= 4 is 15.9 Å². The SMILES string of the molecule is Cc1nc(C2(NC(=O)C3CCCN(S(=O)(=O)c4ccc(F)cc4)C3)CCCC2)no1. The number of aryl methyl sites for hydroxylation is 1. The van der Waals surface area contributed by atoms with Crippen molar-refractivity contribution in [3.63, 3.8) is 0 Å². The van der Waals surface area contributed by atoms with E-state index in [0.29, 0.717) is 31.1 Å². The van der Waals surface area contributed by atoms with Crippen molar-refractivity contribution in [1.29, 1.82) is 0 Å². The lowest BCUT2D eigenvalue weighted by atomic mass is 9.93. The molecule has 1 atom stereocenters. The molecular formula is C20H25FN4O4S. The lowest BCUT2D eigenvalue weighted by molar-refractivity contribution is -0.128. The Bertz CT molecular complexity index is 1020. The van der Waals surface area contributed by atoms with Crippen LogP contribution in [0, 0.1) is 18.7 Å². The zero-order valence-electron chi connectivity index (χ0n) is 16.8. The van der Waals surface area contributed by atoms with Gasteiger partial charge in [-0.05, 0) is 49.9 Å². The lowest BCUT2D eigenvalue weighted by Gasteiger charge is -2.34. The summed E-state index contributed by atoms with van der Waals surface area (Å²) in [5.74, 6) is -0.238. The molecule has 2 fully saturated rings. The quantitative estimate of drug-likeness (QED) is 0.772. The van der Waals surface area contributed by atoms with Crippen molar-refractivity contribution < 1.29 is 22.1 Å². The maximum atomic E-state index is 13.2. The van der Waals surface area contributed by atoms with Crippen molar-refractivity contribution in [3.8, 4) is 0 Å². The van der Waals surface area contributed by atoms with Crippen molar-refractivity contribution in [1.82, 2.24) is 19.8 Å². The standard InChI is InChI=1S/C20H25FN4O4S/c1-14-22-19(24-29-14)20(10-2-3-11-20)23-18(26)15-5-4-12-25(13-15)30(27,28)17-8-6-16(21)7-9-17/h6-9,15H,2-5,10-13H2,1H3,(H,23,26). The molecule has 0 bridgehead atoms. The first-order valence-corrected chi connectivity index (χ1v) is 11.6. The van der Waals surface area contributed by atoms with Crippen LogP contribution in [0.4, 0.5) is 4.39 Å². The van der Waals surface area contributed by atoms with Gasteiger partial charge in [0.05, 0.1) is 10.8 Å². The Morgan fingerprint density at radius 1 is 1.23 bits per heavy atom. The molecule has 0 spiro atoms. The summed E-state index contributed by atoms with van der Waals surface area (Å²) in [6.07, 6.45) is 4.52. The molecule has 1 aromatic carbocycles. The highest BCUT2D eigenvalue weighted by Crippen LogP contribution is 2.38. The van der Waals surface area contributed by atoms with Crippen LogP contribution in [0.5, 0.6) is 0 Å². The minimum Gasteiger partial charge on any atom is -0.343 e. The summed E-state index contributed by atoms with van der Waals surface area (Å²) in [7, 11) is -3.79. The molecule has 1 saturated heterocycles. The molecule has 1 aliphatic heterocycles. The van der Waals surface area contributed by atoms with E-state index < -0.39 is 27.3 Å². The second kappa shape index (κ2) is 8.07. The summed E-state index contributed by atoms with van der Waals surface area (Å²) >= 11 is 0. The number of nitrogens with zero attached hydrogens (tertiary/aromatic N) is 3. The van der Waals surface area contributed by atoms with E-state index in [1.807, 2.05) is 0 Å². The third-order valence-corrected chi connectivity index (χ3v) is 7.86. The van der Waals surface area contributed by atoms with Crippen LogP contribution in [0.15, 0.2) is 33.7 Å². The van der Waals surface area contributed by atoms with Crippen LogP contribution in [0.2, 0.25) is 0 Å². The molecule has 30 heavy (non-hydrogen) atoms. The highest BCUT2D eigenvalue weighted by molar-refractivity contribution is 7.89. The van der Waals surface area contributed by atoms with E-state index in [9.17, 15) is 17.6 Å². The molecule has 1 aromatic heterocycles. The number of carbonyl (C=O) groups excluding carboxylic acids is 1. The summed E-state index contributed by atoms with van der Waals surface area (Å²) in [5, 5.41) is 7.15. The van der Waals surface area contributed by atoms with E-state index in [-0.39, 0.29) is 17.3 Å². The van der Waals surface area contributed by atoms with Gasteiger partial charge in [-0.3, -0.25) is 4.79 Å². The molecule has 0 radical (unpaired) electrons. The van der Waals surface area contributed by atoms with Crippen LogP contribution in [0.25, 0.3) is 0 Å². The van der Waals surface area contributed by atoms with Crippen LogP contribution in [-0.2, 0) is 20.4 Å². The van der Waals surface area contributed by atoms with E-state index in [1.165, 1.54) is 16.4 Å². The van der Waals surface area contributed by atoms with Crippen LogP contribution in [-0.4, -0.2) is 41.9 Å². The third-order valence-electron chi connectivity index (χ3n) is 5.98. The first kappa shape index (κ1) is 20.9. The van der Waals surface area contributed by atoms with Gasteiger partial charge in [-0.2, -0.15) is 9.29 Å². The zero-order chi connectivity index (χ0) is 21.4. The Hall–Kier alpha value is -2.33. The molecule has 1 saturated carbocycles. The Morgan fingerprint density at radius 2 is 1.93 bits per heavy atom. The summed E-state index contributed by atoms with van der Waals surface area (Å²) in [6, 6.07) is 4.75. The normalized spacial score (nSPS) is 22.1. The van der Waals surface area contributed by atoms with Crippen LogP contribution >= 0.6 is 0 Å². The fourth-order valence-electron chi connectivity index (χ4n) is 4.34. The summed E-state index contributed by atoms with van der Waals surface area (Å²) in [4.78, 5) is 17.5. The largest absolute Gasteiger partial charge is 0.343 e. The van der Waals surface area contributed by atoms with Crippen LogP contribution < -0.4 is 5.32 Å². The van der Waals surface area contributed by atoms with Gasteiger partial charge in [-0.15, -0.1) is 0 Å². The second-order valence-electron chi connectivity index (χ2n) is 8.07. The monoisotopic (exact) mass is 436 g/mol. The Kier molecular flexibility index (Phi) is 5.63. The Labute approximate surface area is 174 Å². The number of aromatic nitrogens is 2. The molecule has 2 aromatic rings. The topological polar surface area (TPSA) is 105 Å². The Morgan fingerprint density at radius 3 is 2.57 bits per heavy atom. The molecule has 1 N–H and O–H groups in total. The van der Waals surface area contributed by atoms with Gasteiger partial charge in [0, 0.05) is 20.0 Å². The predicted molar refractivity (Wildman–Crippen MR) is 105 cm³/mol. The van der Waals surface area contributed by atoms with Gasteiger partial charge in [0.25, 0.3) is 0 Å². The van der Waals surface area contributed by atoms with Gasteiger partial charge in [0.15, 0.2) is 5.82 Å². The van der Waals surface area contributed by atoms with Crippen molar-refractivity contribution in [3.05, 3.63) is 41.8 Å². The highest BCUT2D eigenvalue weighted by atomic mass is 32.2. The fraction of sp³-hybridized carbons (Fsp3) is 0.550. The van der Waals surface area contributed by atoms with Gasteiger partial charge in [-0.25, -0.2) is 12.8 Å². The van der Waals surface area contributed by atoms with Gasteiger partial charge >= 0.3 is 0 Å². The fourth-order valence-corrected chi connectivity index (χ4v) is 5.87. The first-order chi connectivity index (χ1) is 14.3. The van der Waals surface area contributed by atoms with Gasteiger partial charge in [0.2, 0.25) is 21.8 Å². The minimum absolute atomic E-state index is 0.0273. The minimum atomic E-state index is -3.79. The third kappa shape index (κ3) is 3.98. The van der Waals surface area contributed by atoms with E-state index in [1.54, 1.807) is 6.92 Å². The van der Waals surface area contributed by atoms with Gasteiger partial charge in [-0.1, -0.05) is 18.0 Å². The lowest BCUT2D eigenvalue weighted by Crippen LogP contribution is -2.51. The number of sulfonamides is 1. The molecule has 8 nitrogen and oxygen atoms in total. The molecule has 1 unspecified atom stereocenters. The molecule has 10 heteroatoms. The van der Waals surface area contributed by atoms with Gasteiger partial charge < -0.3 is 9.84 Å². The average molecular weight is 437 g/mol. The molecular weight excluding hydrogens is 411 g/mol. The number of halogens is 1. The number of benzene rings is 1. The summed E-state index contributed by atoms with van der Waals surface area (Å²) < 4.78 is 45.5. The Balaban J connectivity index is 1.50. The van der Waals surface area contributed by atoms with E-state index in [0.717, 1.165) is 37.8 Å². The smallest absolute Gasteiger partial charge is 0.243 e. The van der Waals surface area contributed by atoms with Crippen molar-refractivity contribution in [2.75, 3.05) is 13.1 Å². The molecule has 1 aliphatic carbocycles. The number of hydrogen-bond acceptors (Lipinski definition) is 6. The summed E-state index contributed by atoms with van der Waals surface area (Å²) in [5.41, 5.74) is -0.660. The first-order valence-electron chi connectivity index (χ1n) is 10.2. The average Bonchev–Trinajstić information content (AvgIpc) is 3.38. The number of rotatable bonds is 5. The maximum Gasteiger partial charge on any atom is 0.243 e. The van der Waals surface area contributed by atoms with Crippen LogP contribution in [0.1, 0.15) is 50.2 Å². The van der Waals surface area contributed by atoms with E-state index in [2.05, 4.69) is 15.5 Å². The maximum absolute atomic E-state index is 13.2. The molecule has 2 aliphatic rings. The zero-order valence-corrected chi connectivity index (χ0v) is 17.6. The molecule has 2 heterocycles. The van der Waals surface area contributed by atoms with E-state index in [4.69, 9.17) is 4.52 Å². The van der Waals surface area contributed by atoms with Crippen LogP contribution in [0.3, 0.4) is 0 Å². The van der Waals surface area contributed by atoms with E-state index >= 15 is 0 Å². The number of piperidine rings is 1. The van der Waals surface area contributed by atoms with Crippen molar-refractivity contribution in [2.45, 2.75) is 55.9 Å².